The van der Waals surface area contributed by atoms with Crippen LogP contribution >= 0.6 is 0 Å². The molecule has 0 aromatic rings. The molecule has 6 heteroatoms. The lowest BCUT2D eigenvalue weighted by atomic mass is 10.1. The number of urea groups is 1. The van der Waals surface area contributed by atoms with Crippen LogP contribution in [0, 0.1) is 5.41 Å². The quantitative estimate of drug-likeness (QED) is 0.660. The Balaban J connectivity index is 2.75. The molecule has 1 rings (SSSR count). The molecule has 16 heavy (non-hydrogen) atoms. The molecule has 0 aromatic heterocycles. The first-order valence-corrected chi connectivity index (χ1v) is 4.94. The van der Waals surface area contributed by atoms with Gasteiger partial charge in [-0.1, -0.05) is 6.08 Å². The van der Waals surface area contributed by atoms with Gasteiger partial charge in [0.15, 0.2) is 0 Å². The van der Waals surface area contributed by atoms with E-state index in [1.807, 2.05) is 0 Å². The van der Waals surface area contributed by atoms with Gasteiger partial charge in [0.25, 0.3) is 0 Å². The van der Waals surface area contributed by atoms with Crippen molar-refractivity contribution < 1.29 is 9.59 Å². The second kappa shape index (κ2) is 4.78. The molecule has 1 atom stereocenters. The summed E-state index contributed by atoms with van der Waals surface area (Å²) in [5.74, 6) is -0.0395. The van der Waals surface area contributed by atoms with Crippen molar-refractivity contribution in [1.29, 1.82) is 5.41 Å². The Kier molecular flexibility index (Phi) is 3.65. The van der Waals surface area contributed by atoms with E-state index >= 15 is 0 Å². The molecule has 88 valence electrons. The van der Waals surface area contributed by atoms with Crippen LogP contribution in [-0.2, 0) is 4.79 Å². The average molecular weight is 224 g/mol. The maximum atomic E-state index is 11.5. The fourth-order valence-corrected chi connectivity index (χ4v) is 1.48. The van der Waals surface area contributed by atoms with E-state index in [4.69, 9.17) is 5.41 Å². The Morgan fingerprint density at radius 3 is 2.81 bits per heavy atom. The normalized spacial score (nSPS) is 19.6. The number of carbonyl (C=O) groups excluding carboxylic acids is 2. The van der Waals surface area contributed by atoms with Gasteiger partial charge in [-0.2, -0.15) is 0 Å². The van der Waals surface area contributed by atoms with Gasteiger partial charge < -0.3 is 9.80 Å². The van der Waals surface area contributed by atoms with Crippen molar-refractivity contribution in [2.24, 2.45) is 0 Å². The molecule has 0 aliphatic carbocycles. The van der Waals surface area contributed by atoms with Gasteiger partial charge in [0.1, 0.15) is 11.9 Å². The molecule has 0 aromatic carbocycles. The highest BCUT2D eigenvalue weighted by Crippen LogP contribution is 2.13. The van der Waals surface area contributed by atoms with Crippen molar-refractivity contribution in [3.63, 3.8) is 0 Å². The second-order valence-electron chi connectivity index (χ2n) is 3.79. The highest BCUT2D eigenvalue weighted by Gasteiger charge is 2.36. The van der Waals surface area contributed by atoms with Gasteiger partial charge in [0.05, 0.1) is 6.42 Å². The largest absolute Gasteiger partial charge is 0.349 e. The lowest BCUT2D eigenvalue weighted by Crippen LogP contribution is -2.39. The predicted molar refractivity (Wildman–Crippen MR) is 60.3 cm³/mol. The average Bonchev–Trinajstić information content (AvgIpc) is 2.45. The van der Waals surface area contributed by atoms with Crippen LogP contribution in [0.1, 0.15) is 6.42 Å². The smallest absolute Gasteiger partial charge is 0.323 e. The molecule has 1 heterocycles. The summed E-state index contributed by atoms with van der Waals surface area (Å²) in [7, 11) is 3.29. The first-order valence-electron chi connectivity index (χ1n) is 4.94. The van der Waals surface area contributed by atoms with E-state index in [1.54, 1.807) is 20.2 Å². The third kappa shape index (κ3) is 2.39. The van der Waals surface area contributed by atoms with E-state index in [-0.39, 0.29) is 24.2 Å². The molecule has 1 unspecified atom stereocenters. The minimum Gasteiger partial charge on any atom is -0.349 e. The Hall–Kier alpha value is -1.85. The number of hydrogen-bond donors (Lipinski definition) is 2. The van der Waals surface area contributed by atoms with Gasteiger partial charge in [0.2, 0.25) is 5.91 Å². The van der Waals surface area contributed by atoms with Gasteiger partial charge in [-0.3, -0.25) is 15.5 Å². The summed E-state index contributed by atoms with van der Waals surface area (Å²) in [6.45, 7) is 3.88. The first kappa shape index (κ1) is 12.2. The Morgan fingerprint density at radius 1 is 1.69 bits per heavy atom. The molecule has 0 saturated carbocycles. The van der Waals surface area contributed by atoms with E-state index in [1.165, 1.54) is 9.80 Å². The van der Waals surface area contributed by atoms with Crippen LogP contribution in [0.25, 0.3) is 0 Å². The van der Waals surface area contributed by atoms with E-state index in [2.05, 4.69) is 11.9 Å². The summed E-state index contributed by atoms with van der Waals surface area (Å²) in [5, 5.41) is 10.00. The molecule has 1 aliphatic heterocycles. The standard InChI is InChI=1S/C10H16N4O2/c1-4-5-14-7(6-8(15)13(2)3)9(11)12-10(14)16/h4,7H,1,5-6H2,2-3H3,(H2,11,12,16). The van der Waals surface area contributed by atoms with Crippen LogP contribution in [-0.4, -0.2) is 54.3 Å². The van der Waals surface area contributed by atoms with Gasteiger partial charge in [-0.15, -0.1) is 6.58 Å². The van der Waals surface area contributed by atoms with Crippen molar-refractivity contribution in [1.82, 2.24) is 15.1 Å². The highest BCUT2D eigenvalue weighted by atomic mass is 16.2. The van der Waals surface area contributed by atoms with Gasteiger partial charge >= 0.3 is 6.03 Å². The number of nitrogens with zero attached hydrogens (tertiary/aromatic N) is 2. The van der Waals surface area contributed by atoms with E-state index in [0.29, 0.717) is 6.54 Å². The topological polar surface area (TPSA) is 76.5 Å². The maximum absolute atomic E-state index is 11.5. The third-order valence-corrected chi connectivity index (χ3v) is 2.40. The van der Waals surface area contributed by atoms with Crippen LogP contribution in [0.4, 0.5) is 4.79 Å². The third-order valence-electron chi connectivity index (χ3n) is 2.40. The van der Waals surface area contributed by atoms with Crippen molar-refractivity contribution in [2.45, 2.75) is 12.5 Å². The fourth-order valence-electron chi connectivity index (χ4n) is 1.48. The monoisotopic (exact) mass is 224 g/mol. The Bertz CT molecular complexity index is 338. The zero-order valence-electron chi connectivity index (χ0n) is 9.49. The summed E-state index contributed by atoms with van der Waals surface area (Å²) in [6, 6.07) is -0.846. The number of nitrogens with one attached hydrogen (secondary N) is 2. The van der Waals surface area contributed by atoms with Crippen LogP contribution in [0.2, 0.25) is 0 Å². The van der Waals surface area contributed by atoms with Crippen LogP contribution in [0.3, 0.4) is 0 Å². The molecule has 1 saturated heterocycles. The molecule has 0 spiro atoms. The molecule has 0 bridgehead atoms. The van der Waals surface area contributed by atoms with Gasteiger partial charge in [-0.25, -0.2) is 4.79 Å². The summed E-state index contributed by atoms with van der Waals surface area (Å²) in [4.78, 5) is 25.9. The molecule has 1 aliphatic rings. The molecular formula is C10H16N4O2. The lowest BCUT2D eigenvalue weighted by Gasteiger charge is -2.21. The van der Waals surface area contributed by atoms with E-state index in [9.17, 15) is 9.59 Å². The number of hydrogen-bond acceptors (Lipinski definition) is 3. The van der Waals surface area contributed by atoms with Crippen molar-refractivity contribution in [3.8, 4) is 0 Å². The lowest BCUT2D eigenvalue weighted by molar-refractivity contribution is -0.129. The maximum Gasteiger partial charge on any atom is 0.323 e. The molecular weight excluding hydrogens is 208 g/mol. The number of rotatable bonds is 4. The second-order valence-corrected chi connectivity index (χ2v) is 3.79. The van der Waals surface area contributed by atoms with Crippen molar-refractivity contribution >= 4 is 17.8 Å². The zero-order chi connectivity index (χ0) is 12.3. The number of amides is 3. The number of amidine groups is 1. The summed E-state index contributed by atoms with van der Waals surface area (Å²) >= 11 is 0. The Labute approximate surface area is 94.4 Å². The highest BCUT2D eigenvalue weighted by molar-refractivity contribution is 6.07. The van der Waals surface area contributed by atoms with Crippen LogP contribution < -0.4 is 5.32 Å². The summed E-state index contributed by atoms with van der Waals surface area (Å²) in [6.07, 6.45) is 1.70. The molecule has 0 radical (unpaired) electrons. The van der Waals surface area contributed by atoms with Crippen LogP contribution in [0.5, 0.6) is 0 Å². The van der Waals surface area contributed by atoms with Gasteiger partial charge in [-0.05, 0) is 0 Å². The SMILES string of the molecule is C=CCN1C(=O)NC(=N)C1CC(=O)N(C)C. The molecule has 2 N–H and O–H groups in total. The minimum absolute atomic E-state index is 0.0713. The number of carbonyl (C=O) groups is 2. The molecule has 3 amide bonds. The van der Waals surface area contributed by atoms with Crippen molar-refractivity contribution in [3.05, 3.63) is 12.7 Å². The van der Waals surface area contributed by atoms with Crippen LogP contribution in [0.15, 0.2) is 12.7 Å². The summed E-state index contributed by atoms with van der Waals surface area (Å²) in [5.41, 5.74) is 0. The van der Waals surface area contributed by atoms with E-state index < -0.39 is 6.04 Å². The predicted octanol–water partition coefficient (Wildman–Crippen LogP) is 0.0218. The Morgan fingerprint density at radius 2 is 2.31 bits per heavy atom. The zero-order valence-corrected chi connectivity index (χ0v) is 9.49. The molecule has 6 nitrogen and oxygen atoms in total. The first-order chi connectivity index (χ1) is 7.47. The molecule has 1 fully saturated rings. The minimum atomic E-state index is -0.500. The van der Waals surface area contributed by atoms with E-state index in [0.717, 1.165) is 0 Å². The van der Waals surface area contributed by atoms with Gasteiger partial charge in [0, 0.05) is 20.6 Å². The van der Waals surface area contributed by atoms with Crippen molar-refractivity contribution in [2.75, 3.05) is 20.6 Å². The fraction of sp³-hybridized carbons (Fsp3) is 0.500. The summed E-state index contributed by atoms with van der Waals surface area (Å²) < 4.78 is 0.